The van der Waals surface area contributed by atoms with Crippen molar-refractivity contribution in [3.8, 4) is 28.0 Å². The van der Waals surface area contributed by atoms with E-state index in [2.05, 4.69) is 52.3 Å². The first kappa shape index (κ1) is 36.9. The molecule has 0 bridgehead atoms. The molecular weight excluding hydrogens is 709 g/mol. The molecule has 11 heteroatoms. The predicted octanol–water partition coefficient (Wildman–Crippen LogP) is 8.08. The Hall–Kier alpha value is -4.41. The molecule has 1 aliphatic heterocycles. The van der Waals surface area contributed by atoms with E-state index in [1.807, 2.05) is 47.3 Å². The molecule has 4 N–H and O–H groups in total. The first-order chi connectivity index (χ1) is 25.8. The number of hydrogen-bond donors (Lipinski definition) is 4. The average molecular weight is 755 g/mol. The third-order valence-corrected chi connectivity index (χ3v) is 11.5. The average Bonchev–Trinajstić information content (AvgIpc) is 3.78. The second kappa shape index (κ2) is 16.7. The van der Waals surface area contributed by atoms with Crippen molar-refractivity contribution in [1.29, 1.82) is 0 Å². The molecule has 0 spiro atoms. The van der Waals surface area contributed by atoms with Gasteiger partial charge in [-0.3, -0.25) is 14.3 Å². The summed E-state index contributed by atoms with van der Waals surface area (Å²) in [5.41, 5.74) is 7.95. The number of ether oxygens (including phenoxy) is 1. The van der Waals surface area contributed by atoms with Crippen molar-refractivity contribution in [2.45, 2.75) is 64.2 Å². The number of rotatable bonds is 14. The molecular formula is C42H45Cl2N5O4. The molecule has 1 aromatic heterocycles. The smallest absolute Gasteiger partial charge is 0.306 e. The third-order valence-electron chi connectivity index (χ3n) is 10.8. The van der Waals surface area contributed by atoms with Crippen molar-refractivity contribution in [3.63, 3.8) is 0 Å². The summed E-state index contributed by atoms with van der Waals surface area (Å²) in [5.74, 6) is 0.487. The largest absolute Gasteiger partial charge is 0.496 e. The van der Waals surface area contributed by atoms with E-state index in [0.717, 1.165) is 102 Å². The molecule has 0 radical (unpaired) electrons. The fraction of sp³-hybridized carbons (Fsp3) is 0.357. The Kier molecular flexibility index (Phi) is 11.7. The van der Waals surface area contributed by atoms with Gasteiger partial charge in [0.2, 0.25) is 5.91 Å². The molecule has 276 valence electrons. The highest BCUT2D eigenvalue weighted by atomic mass is 35.5. The summed E-state index contributed by atoms with van der Waals surface area (Å²) in [4.78, 5) is 22.8. The van der Waals surface area contributed by atoms with Gasteiger partial charge in [0, 0.05) is 59.2 Å². The highest BCUT2D eigenvalue weighted by Gasteiger charge is 2.26. The van der Waals surface area contributed by atoms with Crippen LogP contribution >= 0.6 is 23.2 Å². The number of halogens is 2. The van der Waals surface area contributed by atoms with E-state index in [-0.39, 0.29) is 17.9 Å². The number of nitrogens with zero attached hydrogens (tertiary/aromatic N) is 2. The van der Waals surface area contributed by atoms with Gasteiger partial charge in [0.25, 0.3) is 0 Å². The zero-order chi connectivity index (χ0) is 36.9. The molecule has 5 aromatic rings. The Morgan fingerprint density at radius 2 is 1.64 bits per heavy atom. The molecule has 53 heavy (non-hydrogen) atoms. The number of carbonyl (C=O) groups excluding carboxylic acids is 1. The number of carboxylic acids is 1. The summed E-state index contributed by atoms with van der Waals surface area (Å²) >= 11 is 14.0. The molecule has 0 unspecified atom stereocenters. The standard InChI is InChI=1S/C42H45Cl2N5O4/c1-53-39-19-31(37(43)18-30(39)22-45-20-27-10-14-29(15-11-27)42(51)52)25-49-38-7-3-5-34(36(38)24-47-49)35-6-2-4-33(41(35)44)28-12-8-26(9-13-28)21-46-23-32-16-17-40(50)48-32/h2-9,12-13,18-19,24,27,29,32,45-46H,10-11,14-17,20-23,25H2,1H3,(H,48,50)(H,51,52)/t27-,29-,32-/m0/s1. The summed E-state index contributed by atoms with van der Waals surface area (Å²) in [5, 5.41) is 26.4. The van der Waals surface area contributed by atoms with Gasteiger partial charge in [-0.2, -0.15) is 5.10 Å². The topological polar surface area (TPSA) is 118 Å². The highest BCUT2D eigenvalue weighted by Crippen LogP contribution is 2.39. The lowest BCUT2D eigenvalue weighted by molar-refractivity contribution is -0.143. The van der Waals surface area contributed by atoms with Crippen LogP contribution in [0.5, 0.6) is 5.75 Å². The van der Waals surface area contributed by atoms with Crippen molar-refractivity contribution >= 4 is 46.0 Å². The van der Waals surface area contributed by atoms with Crippen molar-refractivity contribution in [2.24, 2.45) is 11.8 Å². The lowest BCUT2D eigenvalue weighted by atomic mass is 9.82. The van der Waals surface area contributed by atoms with Crippen molar-refractivity contribution in [3.05, 3.63) is 106 Å². The lowest BCUT2D eigenvalue weighted by Gasteiger charge is -2.26. The maximum absolute atomic E-state index is 11.5. The van der Waals surface area contributed by atoms with Crippen LogP contribution in [0.3, 0.4) is 0 Å². The van der Waals surface area contributed by atoms with E-state index in [4.69, 9.17) is 33.0 Å². The van der Waals surface area contributed by atoms with Gasteiger partial charge in [0.1, 0.15) is 5.75 Å². The Morgan fingerprint density at radius 3 is 2.38 bits per heavy atom. The molecule has 9 nitrogen and oxygen atoms in total. The van der Waals surface area contributed by atoms with Gasteiger partial charge in [-0.25, -0.2) is 0 Å². The zero-order valence-corrected chi connectivity index (χ0v) is 31.3. The van der Waals surface area contributed by atoms with E-state index in [0.29, 0.717) is 35.5 Å². The SMILES string of the molecule is COc1cc(Cn2ncc3c(-c4cccc(-c5ccc(CNC[C@@H]6CCC(=O)N6)cc5)c4Cl)cccc32)c(Cl)cc1CNC[C@H]1CC[C@H](C(=O)O)CC1. The fourth-order valence-corrected chi connectivity index (χ4v) is 8.31. The van der Waals surface area contributed by atoms with Gasteiger partial charge >= 0.3 is 5.97 Å². The van der Waals surface area contributed by atoms with Gasteiger partial charge in [0.05, 0.1) is 36.3 Å². The molecule has 1 saturated heterocycles. The van der Waals surface area contributed by atoms with E-state index in [1.54, 1.807) is 7.11 Å². The van der Waals surface area contributed by atoms with Gasteiger partial charge < -0.3 is 25.8 Å². The minimum Gasteiger partial charge on any atom is -0.496 e. The maximum atomic E-state index is 11.5. The van der Waals surface area contributed by atoms with E-state index in [9.17, 15) is 14.7 Å². The van der Waals surface area contributed by atoms with Crippen LogP contribution in [-0.2, 0) is 29.2 Å². The van der Waals surface area contributed by atoms with Crippen LogP contribution in [0, 0.1) is 11.8 Å². The number of nitrogens with one attached hydrogen (secondary N) is 3. The van der Waals surface area contributed by atoms with E-state index >= 15 is 0 Å². The normalized spacial score (nSPS) is 18.7. The van der Waals surface area contributed by atoms with Gasteiger partial charge in [-0.1, -0.05) is 77.8 Å². The zero-order valence-electron chi connectivity index (χ0n) is 29.8. The highest BCUT2D eigenvalue weighted by molar-refractivity contribution is 6.36. The number of aromatic nitrogens is 2. The number of methoxy groups -OCH3 is 1. The van der Waals surface area contributed by atoms with Gasteiger partial charge in [-0.05, 0) is 85.0 Å². The number of carboxylic acid groups (broad SMARTS) is 1. The van der Waals surface area contributed by atoms with E-state index < -0.39 is 5.97 Å². The summed E-state index contributed by atoms with van der Waals surface area (Å²) in [7, 11) is 1.67. The number of amides is 1. The van der Waals surface area contributed by atoms with Crippen LogP contribution < -0.4 is 20.7 Å². The molecule has 1 atom stereocenters. The summed E-state index contributed by atoms with van der Waals surface area (Å²) in [6.45, 7) is 3.39. The van der Waals surface area contributed by atoms with Crippen LogP contribution in [0.2, 0.25) is 10.0 Å². The van der Waals surface area contributed by atoms with Crippen molar-refractivity contribution in [1.82, 2.24) is 25.7 Å². The molecule has 1 amide bonds. The molecule has 2 heterocycles. The predicted molar refractivity (Wildman–Crippen MR) is 210 cm³/mol. The Labute approximate surface area is 320 Å². The van der Waals surface area contributed by atoms with Gasteiger partial charge in [0.15, 0.2) is 0 Å². The van der Waals surface area contributed by atoms with Crippen LogP contribution in [0.25, 0.3) is 33.2 Å². The fourth-order valence-electron chi connectivity index (χ4n) is 7.72. The third kappa shape index (κ3) is 8.54. The first-order valence-electron chi connectivity index (χ1n) is 18.4. The monoisotopic (exact) mass is 753 g/mol. The molecule has 4 aromatic carbocycles. The quantitative estimate of drug-likeness (QED) is 0.0906. The first-order valence-corrected chi connectivity index (χ1v) is 19.1. The van der Waals surface area contributed by atoms with Crippen LogP contribution in [0.1, 0.15) is 55.2 Å². The second-order valence-electron chi connectivity index (χ2n) is 14.3. The Morgan fingerprint density at radius 1 is 0.906 bits per heavy atom. The number of aliphatic carboxylic acids is 1. The number of carbonyl (C=O) groups is 2. The Bertz CT molecular complexity index is 2090. The summed E-state index contributed by atoms with van der Waals surface area (Å²) in [6, 6.07) is 24.9. The number of benzene rings is 4. The molecule has 2 fully saturated rings. The number of fused-ring (bicyclic) bond motifs is 1. The van der Waals surface area contributed by atoms with Crippen LogP contribution in [0.4, 0.5) is 0 Å². The Balaban J connectivity index is 1.03. The minimum atomic E-state index is -0.675. The van der Waals surface area contributed by atoms with Gasteiger partial charge in [-0.15, -0.1) is 0 Å². The minimum absolute atomic E-state index is 0.134. The second-order valence-corrected chi connectivity index (χ2v) is 15.1. The van der Waals surface area contributed by atoms with Crippen molar-refractivity contribution < 1.29 is 19.4 Å². The lowest BCUT2D eigenvalue weighted by Crippen LogP contribution is -2.35. The summed E-state index contributed by atoms with van der Waals surface area (Å²) in [6.07, 6.45) is 6.72. The molecule has 1 saturated carbocycles. The van der Waals surface area contributed by atoms with Crippen molar-refractivity contribution in [2.75, 3.05) is 20.2 Å². The molecule has 1 aliphatic carbocycles. The maximum Gasteiger partial charge on any atom is 0.306 e. The molecule has 7 rings (SSSR count). The van der Waals surface area contributed by atoms with Crippen LogP contribution in [0.15, 0.2) is 79.0 Å². The van der Waals surface area contributed by atoms with Crippen LogP contribution in [-0.4, -0.2) is 53.0 Å². The molecule has 2 aliphatic rings. The number of hydrogen-bond acceptors (Lipinski definition) is 6. The van der Waals surface area contributed by atoms with E-state index in [1.165, 1.54) is 5.56 Å². The summed E-state index contributed by atoms with van der Waals surface area (Å²) < 4.78 is 7.74.